The lowest BCUT2D eigenvalue weighted by atomic mass is 9.96. The highest BCUT2D eigenvalue weighted by Gasteiger charge is 2.34. The molecule has 0 aromatic carbocycles. The second-order valence-corrected chi connectivity index (χ2v) is 5.77. The Kier molecular flexibility index (Phi) is 3.55. The second-order valence-electron chi connectivity index (χ2n) is 5.77. The Balaban J connectivity index is 1.88. The standard InChI is InChI=1S/C15H20N4O2/c1-17(2)15(20)12-7-19(6-11-4-5-21-9-11)8-13-14(12)18(3)10-16-13/h4-5,9-10,12H,6-8H2,1-3H3. The fraction of sp³-hybridized carbons (Fsp3) is 0.467. The third-order valence-electron chi connectivity index (χ3n) is 3.93. The van der Waals surface area contributed by atoms with Crippen LogP contribution in [-0.4, -0.2) is 45.9 Å². The Morgan fingerprint density at radius 1 is 1.52 bits per heavy atom. The summed E-state index contributed by atoms with van der Waals surface area (Å²) in [6.07, 6.45) is 5.21. The van der Waals surface area contributed by atoms with Gasteiger partial charge in [-0.1, -0.05) is 0 Å². The van der Waals surface area contributed by atoms with Gasteiger partial charge < -0.3 is 13.9 Å². The molecule has 3 heterocycles. The summed E-state index contributed by atoms with van der Waals surface area (Å²) in [7, 11) is 5.55. The number of likely N-dealkylation sites (N-methyl/N-ethyl adjacent to an activating group) is 1. The van der Waals surface area contributed by atoms with E-state index < -0.39 is 0 Å². The topological polar surface area (TPSA) is 54.5 Å². The number of furan rings is 1. The molecular weight excluding hydrogens is 268 g/mol. The number of hydrogen-bond donors (Lipinski definition) is 0. The van der Waals surface area contributed by atoms with Crippen LogP contribution in [0.1, 0.15) is 22.9 Å². The van der Waals surface area contributed by atoms with Gasteiger partial charge in [-0.15, -0.1) is 0 Å². The molecular formula is C15H20N4O2. The number of fused-ring (bicyclic) bond motifs is 1. The number of carbonyl (C=O) groups is 1. The van der Waals surface area contributed by atoms with Crippen LogP contribution in [0.15, 0.2) is 29.3 Å². The molecule has 0 aliphatic carbocycles. The van der Waals surface area contributed by atoms with Crippen LogP contribution in [0.4, 0.5) is 0 Å². The maximum atomic E-state index is 12.5. The van der Waals surface area contributed by atoms with E-state index in [2.05, 4.69) is 9.88 Å². The van der Waals surface area contributed by atoms with Crippen LogP contribution in [0.25, 0.3) is 0 Å². The van der Waals surface area contributed by atoms with Crippen LogP contribution in [0, 0.1) is 0 Å². The molecule has 2 aromatic heterocycles. The number of carbonyl (C=O) groups excluding carboxylic acids is 1. The van der Waals surface area contributed by atoms with Gasteiger partial charge in [0, 0.05) is 46.3 Å². The van der Waals surface area contributed by atoms with Crippen LogP contribution in [-0.2, 0) is 24.9 Å². The number of aromatic nitrogens is 2. The van der Waals surface area contributed by atoms with Crippen molar-refractivity contribution in [1.29, 1.82) is 0 Å². The fourth-order valence-electron chi connectivity index (χ4n) is 2.95. The smallest absolute Gasteiger partial charge is 0.232 e. The quantitative estimate of drug-likeness (QED) is 0.851. The second kappa shape index (κ2) is 5.37. The summed E-state index contributed by atoms with van der Waals surface area (Å²) >= 11 is 0. The van der Waals surface area contributed by atoms with Gasteiger partial charge in [-0.05, 0) is 6.07 Å². The summed E-state index contributed by atoms with van der Waals surface area (Å²) < 4.78 is 7.09. The van der Waals surface area contributed by atoms with Crippen LogP contribution < -0.4 is 0 Å². The number of imidazole rings is 1. The average molecular weight is 288 g/mol. The van der Waals surface area contributed by atoms with Crippen molar-refractivity contribution >= 4 is 5.91 Å². The zero-order valence-corrected chi connectivity index (χ0v) is 12.6. The number of hydrogen-bond acceptors (Lipinski definition) is 4. The first-order chi connectivity index (χ1) is 10.1. The molecule has 21 heavy (non-hydrogen) atoms. The average Bonchev–Trinajstić information content (AvgIpc) is 3.08. The van der Waals surface area contributed by atoms with Gasteiger partial charge in [0.15, 0.2) is 0 Å². The molecule has 0 fully saturated rings. The monoisotopic (exact) mass is 288 g/mol. The lowest BCUT2D eigenvalue weighted by Crippen LogP contribution is -2.41. The maximum Gasteiger partial charge on any atom is 0.232 e. The van der Waals surface area contributed by atoms with Crippen molar-refractivity contribution in [1.82, 2.24) is 19.4 Å². The molecule has 0 bridgehead atoms. The van der Waals surface area contributed by atoms with Crippen LogP contribution >= 0.6 is 0 Å². The molecule has 0 radical (unpaired) electrons. The van der Waals surface area contributed by atoms with Gasteiger partial charge in [-0.3, -0.25) is 9.69 Å². The minimum atomic E-state index is -0.164. The van der Waals surface area contributed by atoms with Gasteiger partial charge in [0.05, 0.1) is 36.2 Å². The third kappa shape index (κ3) is 2.58. The van der Waals surface area contributed by atoms with Gasteiger partial charge >= 0.3 is 0 Å². The number of rotatable bonds is 3. The van der Waals surface area contributed by atoms with E-state index in [0.29, 0.717) is 6.54 Å². The van der Waals surface area contributed by atoms with Crippen LogP contribution in [0.3, 0.4) is 0 Å². The van der Waals surface area contributed by atoms with Crippen molar-refractivity contribution in [3.8, 4) is 0 Å². The first-order valence-electron chi connectivity index (χ1n) is 7.01. The first-order valence-corrected chi connectivity index (χ1v) is 7.01. The molecule has 6 heteroatoms. The number of nitrogens with zero attached hydrogens (tertiary/aromatic N) is 4. The van der Waals surface area contributed by atoms with Crippen LogP contribution in [0.2, 0.25) is 0 Å². The summed E-state index contributed by atoms with van der Waals surface area (Å²) in [5.41, 5.74) is 3.15. The lowest BCUT2D eigenvalue weighted by molar-refractivity contribution is -0.131. The molecule has 1 aliphatic heterocycles. The molecule has 0 saturated carbocycles. The van der Waals surface area contributed by atoms with Crippen molar-refractivity contribution in [2.24, 2.45) is 7.05 Å². The number of aryl methyl sites for hydroxylation is 1. The highest BCUT2D eigenvalue weighted by Crippen LogP contribution is 2.29. The predicted octanol–water partition coefficient (Wildman–Crippen LogP) is 1.20. The summed E-state index contributed by atoms with van der Waals surface area (Å²) in [5.74, 6) is -0.0418. The van der Waals surface area contributed by atoms with E-state index in [9.17, 15) is 4.79 Å². The van der Waals surface area contributed by atoms with E-state index in [4.69, 9.17) is 4.42 Å². The Hall–Kier alpha value is -2.08. The molecule has 0 spiro atoms. The van der Waals surface area contributed by atoms with Gasteiger partial charge in [-0.25, -0.2) is 4.98 Å². The zero-order valence-electron chi connectivity index (χ0n) is 12.6. The molecule has 6 nitrogen and oxygen atoms in total. The van der Waals surface area contributed by atoms with E-state index in [1.54, 1.807) is 37.8 Å². The molecule has 1 amide bonds. The van der Waals surface area contributed by atoms with Gasteiger partial charge in [0.1, 0.15) is 0 Å². The third-order valence-corrected chi connectivity index (χ3v) is 3.93. The van der Waals surface area contributed by atoms with Gasteiger partial charge in [-0.2, -0.15) is 0 Å². The zero-order chi connectivity index (χ0) is 15.0. The van der Waals surface area contributed by atoms with E-state index in [0.717, 1.165) is 30.0 Å². The Bertz CT molecular complexity index is 630. The van der Waals surface area contributed by atoms with E-state index >= 15 is 0 Å². The van der Waals surface area contributed by atoms with Gasteiger partial charge in [0.2, 0.25) is 5.91 Å². The summed E-state index contributed by atoms with van der Waals surface area (Å²) in [4.78, 5) is 20.9. The largest absolute Gasteiger partial charge is 0.472 e. The SMILES string of the molecule is CN(C)C(=O)C1CN(Cc2ccoc2)Cc2ncn(C)c21. The summed E-state index contributed by atoms with van der Waals surface area (Å²) in [6.45, 7) is 2.23. The number of amides is 1. The normalized spacial score (nSPS) is 18.5. The molecule has 1 atom stereocenters. The summed E-state index contributed by atoms with van der Waals surface area (Å²) in [5, 5.41) is 0. The lowest BCUT2D eigenvalue weighted by Gasteiger charge is -2.33. The first kappa shape index (κ1) is 13.9. The Morgan fingerprint density at radius 2 is 2.33 bits per heavy atom. The highest BCUT2D eigenvalue weighted by molar-refractivity contribution is 5.83. The molecule has 1 unspecified atom stereocenters. The van der Waals surface area contributed by atoms with Gasteiger partial charge in [0.25, 0.3) is 0 Å². The predicted molar refractivity (Wildman–Crippen MR) is 77.5 cm³/mol. The molecule has 112 valence electrons. The fourth-order valence-corrected chi connectivity index (χ4v) is 2.95. The molecule has 1 aliphatic rings. The maximum absolute atomic E-state index is 12.5. The van der Waals surface area contributed by atoms with Crippen molar-refractivity contribution in [2.75, 3.05) is 20.6 Å². The van der Waals surface area contributed by atoms with Crippen molar-refractivity contribution < 1.29 is 9.21 Å². The Labute approximate surface area is 124 Å². The van der Waals surface area contributed by atoms with Crippen molar-refractivity contribution in [3.05, 3.63) is 41.9 Å². The molecule has 2 aromatic rings. The molecule has 0 N–H and O–H groups in total. The van der Waals surface area contributed by atoms with Crippen LogP contribution in [0.5, 0.6) is 0 Å². The van der Waals surface area contributed by atoms with E-state index in [-0.39, 0.29) is 11.8 Å². The minimum absolute atomic E-state index is 0.122. The van der Waals surface area contributed by atoms with Crippen molar-refractivity contribution in [3.63, 3.8) is 0 Å². The highest BCUT2D eigenvalue weighted by atomic mass is 16.3. The molecule has 3 rings (SSSR count). The van der Waals surface area contributed by atoms with Crippen molar-refractivity contribution in [2.45, 2.75) is 19.0 Å². The summed E-state index contributed by atoms with van der Waals surface area (Å²) in [6, 6.07) is 1.96. The minimum Gasteiger partial charge on any atom is -0.472 e. The van der Waals surface area contributed by atoms with E-state index in [1.165, 1.54) is 0 Å². The molecule has 0 saturated heterocycles. The van der Waals surface area contributed by atoms with E-state index in [1.807, 2.05) is 17.7 Å². The Morgan fingerprint density at radius 3 is 3.00 bits per heavy atom.